The van der Waals surface area contributed by atoms with Crippen molar-refractivity contribution in [2.45, 2.75) is 6.92 Å². The summed E-state index contributed by atoms with van der Waals surface area (Å²) in [5.74, 6) is 0.953. The van der Waals surface area contributed by atoms with Crippen molar-refractivity contribution >= 4 is 23.1 Å². The Morgan fingerprint density at radius 2 is 1.91 bits per heavy atom. The summed E-state index contributed by atoms with van der Waals surface area (Å²) in [7, 11) is 4.11. The maximum absolute atomic E-state index is 5.95. The zero-order valence-corrected chi connectivity index (χ0v) is 14.3. The standard InChI is InChI=1S/C17H20ClN5/c1-12-10-16(19-8-9-22(2)3)23-17(20-12)11-15(21-23)13-4-6-14(18)7-5-13/h4-7,10-11,19H,8-9H2,1-3H3. The first-order valence-electron chi connectivity index (χ1n) is 7.55. The van der Waals surface area contributed by atoms with E-state index >= 15 is 0 Å². The second kappa shape index (κ2) is 6.56. The van der Waals surface area contributed by atoms with E-state index in [4.69, 9.17) is 11.6 Å². The summed E-state index contributed by atoms with van der Waals surface area (Å²) in [5, 5.41) is 8.84. The predicted octanol–water partition coefficient (Wildman–Crippen LogP) is 3.33. The molecule has 0 saturated carbocycles. The summed E-state index contributed by atoms with van der Waals surface area (Å²) in [6.07, 6.45) is 0. The number of aryl methyl sites for hydroxylation is 1. The van der Waals surface area contributed by atoms with Crippen LogP contribution in [0, 0.1) is 6.92 Å². The van der Waals surface area contributed by atoms with E-state index in [-0.39, 0.29) is 0 Å². The van der Waals surface area contributed by atoms with E-state index < -0.39 is 0 Å². The molecule has 0 bridgehead atoms. The number of benzene rings is 1. The molecule has 0 radical (unpaired) electrons. The molecule has 3 rings (SSSR count). The lowest BCUT2D eigenvalue weighted by Crippen LogP contribution is -2.21. The summed E-state index contributed by atoms with van der Waals surface area (Å²) in [5.41, 5.74) is 3.71. The van der Waals surface area contributed by atoms with Crippen molar-refractivity contribution in [3.63, 3.8) is 0 Å². The van der Waals surface area contributed by atoms with Gasteiger partial charge in [-0.25, -0.2) is 4.98 Å². The van der Waals surface area contributed by atoms with Gasteiger partial charge < -0.3 is 10.2 Å². The number of likely N-dealkylation sites (N-methyl/N-ethyl adjacent to an activating group) is 1. The molecule has 5 nitrogen and oxygen atoms in total. The minimum absolute atomic E-state index is 0.720. The number of hydrogen-bond donors (Lipinski definition) is 1. The van der Waals surface area contributed by atoms with Crippen LogP contribution in [0.4, 0.5) is 5.82 Å². The number of aromatic nitrogens is 3. The van der Waals surface area contributed by atoms with E-state index in [1.165, 1.54) is 0 Å². The lowest BCUT2D eigenvalue weighted by Gasteiger charge is -2.12. The zero-order chi connectivity index (χ0) is 16.4. The number of halogens is 1. The summed E-state index contributed by atoms with van der Waals surface area (Å²) in [4.78, 5) is 6.71. The van der Waals surface area contributed by atoms with E-state index in [2.05, 4.69) is 34.4 Å². The van der Waals surface area contributed by atoms with Gasteiger partial charge in [0.05, 0.1) is 5.69 Å². The molecule has 0 unspecified atom stereocenters. The number of anilines is 1. The van der Waals surface area contributed by atoms with Gasteiger partial charge in [0, 0.05) is 41.5 Å². The third-order valence-electron chi connectivity index (χ3n) is 3.56. The molecule has 0 atom stereocenters. The average Bonchev–Trinajstić information content (AvgIpc) is 2.91. The molecule has 0 fully saturated rings. The number of hydrogen-bond acceptors (Lipinski definition) is 4. The van der Waals surface area contributed by atoms with Crippen molar-refractivity contribution in [2.24, 2.45) is 0 Å². The van der Waals surface area contributed by atoms with Crippen LogP contribution in [0.3, 0.4) is 0 Å². The predicted molar refractivity (Wildman–Crippen MR) is 95.2 cm³/mol. The Morgan fingerprint density at radius 1 is 1.17 bits per heavy atom. The van der Waals surface area contributed by atoms with Gasteiger partial charge in [0.25, 0.3) is 0 Å². The second-order valence-corrected chi connectivity index (χ2v) is 6.26. The first-order chi connectivity index (χ1) is 11.0. The zero-order valence-electron chi connectivity index (χ0n) is 13.5. The molecule has 3 aromatic rings. The van der Waals surface area contributed by atoms with Gasteiger partial charge in [-0.1, -0.05) is 23.7 Å². The van der Waals surface area contributed by atoms with E-state index in [0.29, 0.717) is 0 Å². The Kier molecular flexibility index (Phi) is 4.50. The van der Waals surface area contributed by atoms with Crippen LogP contribution in [0.15, 0.2) is 36.4 Å². The Hall–Kier alpha value is -2.11. The Morgan fingerprint density at radius 3 is 2.61 bits per heavy atom. The van der Waals surface area contributed by atoms with Gasteiger partial charge in [-0.05, 0) is 33.2 Å². The van der Waals surface area contributed by atoms with Crippen molar-refractivity contribution in [1.82, 2.24) is 19.5 Å². The first kappa shape index (κ1) is 15.8. The maximum Gasteiger partial charge on any atom is 0.158 e. The van der Waals surface area contributed by atoms with Crippen LogP contribution in [-0.2, 0) is 0 Å². The number of rotatable bonds is 5. The average molecular weight is 330 g/mol. The Bertz CT molecular complexity index is 808. The van der Waals surface area contributed by atoms with Crippen molar-refractivity contribution in [2.75, 3.05) is 32.5 Å². The molecule has 6 heteroatoms. The van der Waals surface area contributed by atoms with E-state index in [1.807, 2.05) is 47.8 Å². The lowest BCUT2D eigenvalue weighted by molar-refractivity contribution is 0.425. The molecule has 2 heterocycles. The van der Waals surface area contributed by atoms with Crippen molar-refractivity contribution < 1.29 is 0 Å². The SMILES string of the molecule is Cc1cc(NCCN(C)C)n2nc(-c3ccc(Cl)cc3)cc2n1. The fourth-order valence-corrected chi connectivity index (χ4v) is 2.52. The van der Waals surface area contributed by atoms with Gasteiger partial charge in [-0.3, -0.25) is 0 Å². The summed E-state index contributed by atoms with van der Waals surface area (Å²) in [6.45, 7) is 3.79. The van der Waals surface area contributed by atoms with Gasteiger partial charge in [-0.2, -0.15) is 9.61 Å². The van der Waals surface area contributed by atoms with E-state index in [1.54, 1.807) is 0 Å². The summed E-state index contributed by atoms with van der Waals surface area (Å²) >= 11 is 5.95. The van der Waals surface area contributed by atoms with E-state index in [0.717, 1.165) is 46.5 Å². The van der Waals surface area contributed by atoms with Crippen LogP contribution in [0.2, 0.25) is 5.02 Å². The highest BCUT2D eigenvalue weighted by Crippen LogP contribution is 2.23. The highest BCUT2D eigenvalue weighted by atomic mass is 35.5. The molecule has 0 amide bonds. The molecule has 0 aliphatic rings. The molecule has 0 aliphatic heterocycles. The molecule has 0 aliphatic carbocycles. The van der Waals surface area contributed by atoms with Crippen LogP contribution < -0.4 is 5.32 Å². The number of nitrogens with one attached hydrogen (secondary N) is 1. The topological polar surface area (TPSA) is 45.5 Å². The smallest absolute Gasteiger partial charge is 0.158 e. The highest BCUT2D eigenvalue weighted by molar-refractivity contribution is 6.30. The molecular formula is C17H20ClN5. The monoisotopic (exact) mass is 329 g/mol. The molecule has 120 valence electrons. The van der Waals surface area contributed by atoms with Crippen molar-refractivity contribution in [1.29, 1.82) is 0 Å². The fraction of sp³-hybridized carbons (Fsp3) is 0.294. The number of fused-ring (bicyclic) bond motifs is 1. The maximum atomic E-state index is 5.95. The largest absolute Gasteiger partial charge is 0.369 e. The highest BCUT2D eigenvalue weighted by Gasteiger charge is 2.09. The Labute approximate surface area is 140 Å². The van der Waals surface area contributed by atoms with Crippen molar-refractivity contribution in [3.05, 3.63) is 47.1 Å². The van der Waals surface area contributed by atoms with Crippen LogP contribution in [0.25, 0.3) is 16.9 Å². The third-order valence-corrected chi connectivity index (χ3v) is 3.81. The molecular weight excluding hydrogens is 310 g/mol. The van der Waals surface area contributed by atoms with Crippen LogP contribution in [0.1, 0.15) is 5.69 Å². The minimum atomic E-state index is 0.720. The summed E-state index contributed by atoms with van der Waals surface area (Å²) in [6, 6.07) is 11.7. The molecule has 1 N–H and O–H groups in total. The van der Waals surface area contributed by atoms with Gasteiger partial charge in [0.2, 0.25) is 0 Å². The molecule has 0 saturated heterocycles. The fourth-order valence-electron chi connectivity index (χ4n) is 2.40. The molecule has 23 heavy (non-hydrogen) atoms. The van der Waals surface area contributed by atoms with Gasteiger partial charge in [0.1, 0.15) is 5.82 Å². The minimum Gasteiger partial charge on any atom is -0.369 e. The third kappa shape index (κ3) is 3.63. The molecule has 2 aromatic heterocycles. The van der Waals surface area contributed by atoms with Crippen LogP contribution >= 0.6 is 11.6 Å². The lowest BCUT2D eigenvalue weighted by atomic mass is 10.2. The second-order valence-electron chi connectivity index (χ2n) is 5.82. The van der Waals surface area contributed by atoms with Gasteiger partial charge in [0.15, 0.2) is 5.65 Å². The molecule has 0 spiro atoms. The van der Waals surface area contributed by atoms with Crippen LogP contribution in [-0.4, -0.2) is 46.7 Å². The first-order valence-corrected chi connectivity index (χ1v) is 7.93. The number of nitrogens with zero attached hydrogens (tertiary/aromatic N) is 4. The normalized spacial score (nSPS) is 11.3. The van der Waals surface area contributed by atoms with Gasteiger partial charge in [-0.15, -0.1) is 0 Å². The van der Waals surface area contributed by atoms with Crippen LogP contribution in [0.5, 0.6) is 0 Å². The quantitative estimate of drug-likeness (QED) is 0.780. The van der Waals surface area contributed by atoms with Crippen molar-refractivity contribution in [3.8, 4) is 11.3 Å². The molecule has 1 aromatic carbocycles. The summed E-state index contributed by atoms with van der Waals surface area (Å²) < 4.78 is 1.85. The Balaban J connectivity index is 1.96. The van der Waals surface area contributed by atoms with E-state index in [9.17, 15) is 0 Å². The van der Waals surface area contributed by atoms with Gasteiger partial charge >= 0.3 is 0 Å².